The summed E-state index contributed by atoms with van der Waals surface area (Å²) in [6.07, 6.45) is 3.77. The molecule has 7 nitrogen and oxygen atoms in total. The lowest BCUT2D eigenvalue weighted by Gasteiger charge is -2.32. The summed E-state index contributed by atoms with van der Waals surface area (Å²) in [5, 5.41) is 0. The second kappa shape index (κ2) is 6.50. The van der Waals surface area contributed by atoms with Crippen molar-refractivity contribution < 1.29 is 4.74 Å². The first-order valence-electron chi connectivity index (χ1n) is 8.69. The Balaban J connectivity index is 1.54. The number of nitrogen functional groups attached to an aromatic ring is 1. The van der Waals surface area contributed by atoms with Crippen molar-refractivity contribution in [3.05, 3.63) is 46.5 Å². The normalized spacial score (nSPS) is 23.2. The number of hydrogen-bond donors (Lipinski definition) is 2. The Labute approximate surface area is 146 Å². The van der Waals surface area contributed by atoms with Crippen LogP contribution in [0.25, 0.3) is 5.69 Å². The van der Waals surface area contributed by atoms with Crippen molar-refractivity contribution in [3.8, 4) is 11.4 Å². The molecule has 1 aromatic carbocycles. The third kappa shape index (κ3) is 3.12. The molecule has 1 fully saturated rings. The van der Waals surface area contributed by atoms with Gasteiger partial charge in [-0.15, -0.1) is 0 Å². The van der Waals surface area contributed by atoms with E-state index < -0.39 is 5.69 Å². The number of nitrogens with two attached hydrogens (primary N) is 2. The maximum Gasteiger partial charge on any atom is 0.354 e. The molecule has 0 aliphatic carbocycles. The molecular weight excluding hydrogens is 318 g/mol. The van der Waals surface area contributed by atoms with E-state index in [-0.39, 0.29) is 5.82 Å². The molecule has 0 spiro atoms. The summed E-state index contributed by atoms with van der Waals surface area (Å²) >= 11 is 0. The number of hydrogen-bond acceptors (Lipinski definition) is 6. The Kier molecular flexibility index (Phi) is 4.19. The molecule has 4 N–H and O–H groups in total. The van der Waals surface area contributed by atoms with Crippen LogP contribution in [-0.2, 0) is 6.42 Å². The van der Waals surface area contributed by atoms with Crippen LogP contribution in [0.15, 0.2) is 35.3 Å². The van der Waals surface area contributed by atoms with E-state index in [9.17, 15) is 4.79 Å². The van der Waals surface area contributed by atoms with E-state index in [4.69, 9.17) is 16.2 Å². The van der Waals surface area contributed by atoms with Gasteiger partial charge in [-0.2, -0.15) is 4.98 Å². The van der Waals surface area contributed by atoms with E-state index in [1.54, 1.807) is 12.3 Å². The van der Waals surface area contributed by atoms with E-state index in [0.29, 0.717) is 18.6 Å². The SMILES string of the molecule is NC[C@H]1CCN(C2COc3cc(-n4ccc(N)nc4=O)ccc3C2)C1. The second-order valence-electron chi connectivity index (χ2n) is 6.85. The summed E-state index contributed by atoms with van der Waals surface area (Å²) in [5.41, 5.74) is 12.9. The van der Waals surface area contributed by atoms with Crippen molar-refractivity contribution in [2.45, 2.75) is 18.9 Å². The molecule has 2 aromatic rings. The molecule has 4 rings (SSSR count). The number of anilines is 1. The van der Waals surface area contributed by atoms with Crippen molar-refractivity contribution in [1.82, 2.24) is 14.5 Å². The van der Waals surface area contributed by atoms with Gasteiger partial charge in [0.2, 0.25) is 0 Å². The monoisotopic (exact) mass is 341 g/mol. The molecule has 132 valence electrons. The van der Waals surface area contributed by atoms with Gasteiger partial charge in [0, 0.05) is 24.8 Å². The predicted molar refractivity (Wildman–Crippen MR) is 96.0 cm³/mol. The first-order chi connectivity index (χ1) is 12.1. The highest BCUT2D eigenvalue weighted by Crippen LogP contribution is 2.30. The maximum absolute atomic E-state index is 12.0. The van der Waals surface area contributed by atoms with E-state index in [0.717, 1.165) is 37.5 Å². The van der Waals surface area contributed by atoms with Crippen molar-refractivity contribution >= 4 is 5.82 Å². The molecule has 2 atom stereocenters. The highest BCUT2D eigenvalue weighted by atomic mass is 16.5. The summed E-state index contributed by atoms with van der Waals surface area (Å²) in [4.78, 5) is 18.3. The average Bonchev–Trinajstić information content (AvgIpc) is 3.10. The molecular formula is C18H23N5O2. The van der Waals surface area contributed by atoms with E-state index in [2.05, 4.69) is 9.88 Å². The molecule has 2 aliphatic rings. The third-order valence-electron chi connectivity index (χ3n) is 5.21. The Morgan fingerprint density at radius 3 is 2.96 bits per heavy atom. The largest absolute Gasteiger partial charge is 0.492 e. The molecule has 0 radical (unpaired) electrons. The Morgan fingerprint density at radius 2 is 2.20 bits per heavy atom. The lowest BCUT2D eigenvalue weighted by molar-refractivity contribution is 0.138. The third-order valence-corrected chi connectivity index (χ3v) is 5.21. The zero-order valence-electron chi connectivity index (χ0n) is 14.1. The summed E-state index contributed by atoms with van der Waals surface area (Å²) in [6, 6.07) is 7.87. The lowest BCUT2D eigenvalue weighted by Crippen LogP contribution is -2.42. The van der Waals surface area contributed by atoms with E-state index in [1.807, 2.05) is 18.2 Å². The number of likely N-dealkylation sites (tertiary alicyclic amines) is 1. The fourth-order valence-electron chi connectivity index (χ4n) is 3.73. The van der Waals surface area contributed by atoms with Crippen LogP contribution >= 0.6 is 0 Å². The Hall–Kier alpha value is -2.38. The second-order valence-corrected chi connectivity index (χ2v) is 6.85. The van der Waals surface area contributed by atoms with Gasteiger partial charge >= 0.3 is 5.69 Å². The van der Waals surface area contributed by atoms with Gasteiger partial charge in [-0.3, -0.25) is 9.47 Å². The summed E-state index contributed by atoms with van der Waals surface area (Å²) in [7, 11) is 0. The van der Waals surface area contributed by atoms with Crippen LogP contribution in [0.1, 0.15) is 12.0 Å². The fourth-order valence-corrected chi connectivity index (χ4v) is 3.73. The van der Waals surface area contributed by atoms with Crippen molar-refractivity contribution in [3.63, 3.8) is 0 Å². The number of fused-ring (bicyclic) bond motifs is 1. The number of benzene rings is 1. The molecule has 0 bridgehead atoms. The number of nitrogens with zero attached hydrogens (tertiary/aromatic N) is 3. The number of rotatable bonds is 3. The minimum absolute atomic E-state index is 0.222. The van der Waals surface area contributed by atoms with Crippen molar-refractivity contribution in [2.24, 2.45) is 11.7 Å². The average molecular weight is 341 g/mol. The molecule has 2 aliphatic heterocycles. The molecule has 25 heavy (non-hydrogen) atoms. The van der Waals surface area contributed by atoms with Gasteiger partial charge in [0.1, 0.15) is 18.2 Å². The van der Waals surface area contributed by atoms with Crippen LogP contribution in [-0.4, -0.2) is 46.7 Å². The minimum Gasteiger partial charge on any atom is -0.492 e. The molecule has 1 aromatic heterocycles. The minimum atomic E-state index is -0.390. The highest BCUT2D eigenvalue weighted by Gasteiger charge is 2.31. The van der Waals surface area contributed by atoms with E-state index >= 15 is 0 Å². The standard InChI is InChI=1S/C18H23N5O2/c19-9-12-3-5-22(10-12)15-7-13-1-2-14(8-16(13)25-11-15)23-6-4-17(20)21-18(23)24/h1-2,4,6,8,12,15H,3,5,7,9-11,19H2,(H2,20,21,24)/t12-,15?/m1/s1. The summed E-state index contributed by atoms with van der Waals surface area (Å²) < 4.78 is 7.48. The molecule has 0 amide bonds. The van der Waals surface area contributed by atoms with Crippen molar-refractivity contribution in [2.75, 3.05) is 32.0 Å². The molecule has 7 heteroatoms. The van der Waals surface area contributed by atoms with Crippen LogP contribution in [0.5, 0.6) is 5.75 Å². The van der Waals surface area contributed by atoms with Gasteiger partial charge in [0.15, 0.2) is 0 Å². The van der Waals surface area contributed by atoms with Gasteiger partial charge in [0.05, 0.1) is 5.69 Å². The quantitative estimate of drug-likeness (QED) is 0.838. The first-order valence-corrected chi connectivity index (χ1v) is 8.69. The molecule has 3 heterocycles. The van der Waals surface area contributed by atoms with Gasteiger partial charge in [-0.05, 0) is 49.5 Å². The first kappa shape index (κ1) is 16.1. The fraction of sp³-hybridized carbons (Fsp3) is 0.444. The van der Waals surface area contributed by atoms with Gasteiger partial charge in [0.25, 0.3) is 0 Å². The molecule has 0 saturated carbocycles. The van der Waals surface area contributed by atoms with Crippen LogP contribution in [0.3, 0.4) is 0 Å². The number of ether oxygens (including phenoxy) is 1. The predicted octanol–water partition coefficient (Wildman–Crippen LogP) is 0.399. The zero-order chi connectivity index (χ0) is 17.4. The highest BCUT2D eigenvalue weighted by molar-refractivity contribution is 5.46. The van der Waals surface area contributed by atoms with Gasteiger partial charge in [-0.1, -0.05) is 6.07 Å². The molecule has 1 saturated heterocycles. The Bertz CT molecular complexity index is 834. The molecule has 1 unspecified atom stereocenters. The van der Waals surface area contributed by atoms with Crippen molar-refractivity contribution in [1.29, 1.82) is 0 Å². The van der Waals surface area contributed by atoms with Crippen LogP contribution in [0.4, 0.5) is 5.82 Å². The van der Waals surface area contributed by atoms with Gasteiger partial charge in [-0.25, -0.2) is 4.79 Å². The number of aromatic nitrogens is 2. The Morgan fingerprint density at radius 1 is 1.32 bits per heavy atom. The topological polar surface area (TPSA) is 99.4 Å². The summed E-state index contributed by atoms with van der Waals surface area (Å²) in [6.45, 7) is 3.58. The van der Waals surface area contributed by atoms with E-state index in [1.165, 1.54) is 16.6 Å². The lowest BCUT2D eigenvalue weighted by atomic mass is 10.0. The van der Waals surface area contributed by atoms with Crippen LogP contribution in [0.2, 0.25) is 0 Å². The summed E-state index contributed by atoms with van der Waals surface area (Å²) in [5.74, 6) is 1.67. The zero-order valence-corrected chi connectivity index (χ0v) is 14.1. The van der Waals surface area contributed by atoms with Gasteiger partial charge < -0.3 is 16.2 Å². The maximum atomic E-state index is 12.0. The van der Waals surface area contributed by atoms with Crippen LogP contribution in [0, 0.1) is 5.92 Å². The smallest absolute Gasteiger partial charge is 0.354 e. The van der Waals surface area contributed by atoms with Crippen LogP contribution < -0.4 is 21.9 Å².